The molecule has 1 aromatic carbocycles. The fourth-order valence-corrected chi connectivity index (χ4v) is 2.46. The van der Waals surface area contributed by atoms with Crippen molar-refractivity contribution in [2.45, 2.75) is 31.8 Å². The van der Waals surface area contributed by atoms with Gasteiger partial charge in [0.1, 0.15) is 0 Å². The second kappa shape index (κ2) is 7.62. The van der Waals surface area contributed by atoms with Gasteiger partial charge in [-0.1, -0.05) is 23.7 Å². The molecule has 0 radical (unpaired) electrons. The molecule has 2 rings (SSSR count). The minimum absolute atomic E-state index is 0.0331. The average Bonchev–Trinajstić information content (AvgIpc) is 2.46. The number of benzene rings is 1. The number of hydrogen-bond donors (Lipinski definition) is 2. The molecule has 1 fully saturated rings. The Labute approximate surface area is 124 Å². The van der Waals surface area contributed by atoms with Gasteiger partial charge in [0.25, 0.3) is 0 Å². The van der Waals surface area contributed by atoms with Crippen molar-refractivity contribution in [3.05, 3.63) is 34.9 Å². The smallest absolute Gasteiger partial charge is 0.234 e. The van der Waals surface area contributed by atoms with Gasteiger partial charge in [0, 0.05) is 30.3 Å². The van der Waals surface area contributed by atoms with Crippen molar-refractivity contribution >= 4 is 17.5 Å². The summed E-state index contributed by atoms with van der Waals surface area (Å²) >= 11 is 5.96. The van der Waals surface area contributed by atoms with Crippen molar-refractivity contribution in [3.8, 4) is 0 Å². The monoisotopic (exact) mass is 296 g/mol. The van der Waals surface area contributed by atoms with Crippen molar-refractivity contribution in [3.63, 3.8) is 0 Å². The maximum atomic E-state index is 11.9. The molecule has 1 heterocycles. The summed E-state index contributed by atoms with van der Waals surface area (Å²) in [5, 5.41) is 6.95. The van der Waals surface area contributed by atoms with Crippen LogP contribution in [-0.4, -0.2) is 31.7 Å². The molecule has 0 aromatic heterocycles. The fraction of sp³-hybridized carbons (Fsp3) is 0.533. The van der Waals surface area contributed by atoms with E-state index in [4.69, 9.17) is 16.3 Å². The lowest BCUT2D eigenvalue weighted by Gasteiger charge is -2.23. The third kappa shape index (κ3) is 4.78. The van der Waals surface area contributed by atoms with Crippen molar-refractivity contribution in [1.82, 2.24) is 10.6 Å². The SMILES string of the molecule is CC(NCC(=O)NC1CCOCC1)c1cccc(Cl)c1. The first-order chi connectivity index (χ1) is 9.65. The van der Waals surface area contributed by atoms with E-state index in [1.807, 2.05) is 31.2 Å². The van der Waals surface area contributed by atoms with Gasteiger partial charge in [-0.2, -0.15) is 0 Å². The number of hydrogen-bond acceptors (Lipinski definition) is 3. The molecular formula is C15H21ClN2O2. The zero-order valence-corrected chi connectivity index (χ0v) is 12.5. The Balaban J connectivity index is 1.75. The maximum Gasteiger partial charge on any atom is 0.234 e. The molecule has 110 valence electrons. The Kier molecular flexibility index (Phi) is 5.83. The molecule has 1 aromatic rings. The van der Waals surface area contributed by atoms with E-state index in [1.54, 1.807) is 0 Å². The quantitative estimate of drug-likeness (QED) is 0.876. The van der Waals surface area contributed by atoms with Crippen LogP contribution in [0.4, 0.5) is 0 Å². The Morgan fingerprint density at radius 1 is 1.45 bits per heavy atom. The number of carbonyl (C=O) groups is 1. The first-order valence-electron chi connectivity index (χ1n) is 7.01. The Morgan fingerprint density at radius 2 is 2.20 bits per heavy atom. The molecule has 4 nitrogen and oxygen atoms in total. The molecule has 2 N–H and O–H groups in total. The Hall–Kier alpha value is -1.10. The highest BCUT2D eigenvalue weighted by Crippen LogP contribution is 2.17. The number of rotatable bonds is 5. The minimum Gasteiger partial charge on any atom is -0.381 e. The molecule has 1 atom stereocenters. The van der Waals surface area contributed by atoms with Crippen LogP contribution in [0.2, 0.25) is 5.02 Å². The van der Waals surface area contributed by atoms with E-state index in [0.717, 1.165) is 31.6 Å². The summed E-state index contributed by atoms with van der Waals surface area (Å²) in [6.45, 7) is 3.80. The van der Waals surface area contributed by atoms with Gasteiger partial charge in [-0.15, -0.1) is 0 Å². The van der Waals surface area contributed by atoms with E-state index < -0.39 is 0 Å². The molecule has 0 saturated carbocycles. The van der Waals surface area contributed by atoms with Gasteiger partial charge >= 0.3 is 0 Å². The van der Waals surface area contributed by atoms with Crippen LogP contribution >= 0.6 is 11.6 Å². The molecule has 1 aliphatic rings. The van der Waals surface area contributed by atoms with Crippen LogP contribution < -0.4 is 10.6 Å². The van der Waals surface area contributed by atoms with Crippen LogP contribution in [0.25, 0.3) is 0 Å². The average molecular weight is 297 g/mol. The third-order valence-electron chi connectivity index (χ3n) is 3.50. The number of carbonyl (C=O) groups excluding carboxylic acids is 1. The predicted molar refractivity (Wildman–Crippen MR) is 79.9 cm³/mol. The largest absolute Gasteiger partial charge is 0.381 e. The van der Waals surface area contributed by atoms with E-state index in [9.17, 15) is 4.79 Å². The van der Waals surface area contributed by atoms with E-state index >= 15 is 0 Å². The zero-order valence-electron chi connectivity index (χ0n) is 11.7. The highest BCUT2D eigenvalue weighted by Gasteiger charge is 2.16. The van der Waals surface area contributed by atoms with Gasteiger partial charge in [0.2, 0.25) is 5.91 Å². The summed E-state index contributed by atoms with van der Waals surface area (Å²) in [6, 6.07) is 8.01. The molecule has 20 heavy (non-hydrogen) atoms. The van der Waals surface area contributed by atoms with Crippen molar-refractivity contribution in [2.24, 2.45) is 0 Å². The molecule has 0 spiro atoms. The topological polar surface area (TPSA) is 50.4 Å². The summed E-state index contributed by atoms with van der Waals surface area (Å²) < 4.78 is 5.27. The van der Waals surface area contributed by atoms with E-state index in [0.29, 0.717) is 11.6 Å². The number of halogens is 1. The normalized spacial score (nSPS) is 17.7. The molecule has 1 aliphatic heterocycles. The van der Waals surface area contributed by atoms with Gasteiger partial charge < -0.3 is 15.4 Å². The maximum absolute atomic E-state index is 11.9. The molecule has 0 aliphatic carbocycles. The van der Waals surface area contributed by atoms with E-state index in [2.05, 4.69) is 10.6 Å². The van der Waals surface area contributed by atoms with Crippen LogP contribution in [0, 0.1) is 0 Å². The Morgan fingerprint density at radius 3 is 2.90 bits per heavy atom. The highest BCUT2D eigenvalue weighted by atomic mass is 35.5. The lowest BCUT2D eigenvalue weighted by atomic mass is 10.1. The Bertz CT molecular complexity index is 447. The number of ether oxygens (including phenoxy) is 1. The third-order valence-corrected chi connectivity index (χ3v) is 3.74. The van der Waals surface area contributed by atoms with E-state index in [-0.39, 0.29) is 18.0 Å². The molecule has 1 saturated heterocycles. The second-order valence-corrected chi connectivity index (χ2v) is 5.55. The molecule has 0 bridgehead atoms. The lowest BCUT2D eigenvalue weighted by Crippen LogP contribution is -2.43. The van der Waals surface area contributed by atoms with Crippen LogP contribution in [0.1, 0.15) is 31.4 Å². The summed E-state index contributed by atoms with van der Waals surface area (Å²) in [5.74, 6) is 0.0331. The summed E-state index contributed by atoms with van der Waals surface area (Å²) in [6.07, 6.45) is 1.80. The van der Waals surface area contributed by atoms with Crippen molar-refractivity contribution in [1.29, 1.82) is 0 Å². The van der Waals surface area contributed by atoms with Crippen LogP contribution in [-0.2, 0) is 9.53 Å². The van der Waals surface area contributed by atoms with E-state index in [1.165, 1.54) is 0 Å². The molecule has 1 unspecified atom stereocenters. The summed E-state index contributed by atoms with van der Waals surface area (Å²) in [7, 11) is 0. The van der Waals surface area contributed by atoms with Gasteiger partial charge in [0.15, 0.2) is 0 Å². The number of amides is 1. The van der Waals surface area contributed by atoms with Gasteiger partial charge in [-0.25, -0.2) is 0 Å². The van der Waals surface area contributed by atoms with Crippen molar-refractivity contribution < 1.29 is 9.53 Å². The molecular weight excluding hydrogens is 276 g/mol. The molecule has 1 amide bonds. The minimum atomic E-state index is 0.0331. The first-order valence-corrected chi connectivity index (χ1v) is 7.39. The lowest BCUT2D eigenvalue weighted by molar-refractivity contribution is -0.121. The van der Waals surface area contributed by atoms with Crippen molar-refractivity contribution in [2.75, 3.05) is 19.8 Å². The fourth-order valence-electron chi connectivity index (χ4n) is 2.26. The van der Waals surface area contributed by atoms with Crippen LogP contribution in [0.3, 0.4) is 0 Å². The van der Waals surface area contributed by atoms with Gasteiger partial charge in [-0.05, 0) is 37.5 Å². The summed E-state index contributed by atoms with van der Waals surface area (Å²) in [5.41, 5.74) is 1.08. The first kappa shape index (κ1) is 15.3. The molecule has 5 heteroatoms. The highest BCUT2D eigenvalue weighted by molar-refractivity contribution is 6.30. The van der Waals surface area contributed by atoms with Crippen LogP contribution in [0.5, 0.6) is 0 Å². The second-order valence-electron chi connectivity index (χ2n) is 5.11. The van der Waals surface area contributed by atoms with Gasteiger partial charge in [-0.3, -0.25) is 4.79 Å². The zero-order chi connectivity index (χ0) is 14.4. The predicted octanol–water partition coefficient (Wildman–Crippen LogP) is 2.29. The summed E-state index contributed by atoms with van der Waals surface area (Å²) in [4.78, 5) is 11.9. The van der Waals surface area contributed by atoms with Crippen LogP contribution in [0.15, 0.2) is 24.3 Å². The number of nitrogens with one attached hydrogen (secondary N) is 2. The van der Waals surface area contributed by atoms with Gasteiger partial charge in [0.05, 0.1) is 6.54 Å². The standard InChI is InChI=1S/C15H21ClN2O2/c1-11(12-3-2-4-13(16)9-12)17-10-15(19)18-14-5-7-20-8-6-14/h2-4,9,11,14,17H,5-8,10H2,1H3,(H,18,19).